The van der Waals surface area contributed by atoms with E-state index in [0.717, 1.165) is 49.5 Å². The molecule has 0 atom stereocenters. The van der Waals surface area contributed by atoms with Gasteiger partial charge in [-0.3, -0.25) is 9.69 Å². The van der Waals surface area contributed by atoms with Crippen LogP contribution in [0.15, 0.2) is 84.0 Å². The van der Waals surface area contributed by atoms with Gasteiger partial charge in [0, 0.05) is 42.0 Å². The van der Waals surface area contributed by atoms with Gasteiger partial charge < -0.3 is 4.90 Å². The number of carbonyl (C=O) groups is 1. The molecule has 0 aliphatic carbocycles. The van der Waals surface area contributed by atoms with Crippen LogP contribution in [0.4, 0.5) is 11.4 Å². The third kappa shape index (κ3) is 2.75. The molecule has 3 aliphatic heterocycles. The van der Waals surface area contributed by atoms with Gasteiger partial charge in [-0.15, -0.1) is 10.9 Å². The van der Waals surface area contributed by atoms with Crippen LogP contribution in [0.5, 0.6) is 0 Å². The van der Waals surface area contributed by atoms with Gasteiger partial charge in [0.05, 0.1) is 16.4 Å². The first-order chi connectivity index (χ1) is 15.7. The molecular formula is C27H21N3OS. The monoisotopic (exact) mass is 435 g/mol. The average Bonchev–Trinajstić information content (AvgIpc) is 3.34. The molecule has 0 unspecified atom stereocenters. The predicted molar refractivity (Wildman–Crippen MR) is 137 cm³/mol. The molecular weight excluding hydrogens is 414 g/mol. The van der Waals surface area contributed by atoms with E-state index in [1.54, 1.807) is 0 Å². The summed E-state index contributed by atoms with van der Waals surface area (Å²) in [7, 11) is 3.58. The highest BCUT2D eigenvalue weighted by molar-refractivity contribution is 8.02. The Labute approximate surface area is 190 Å². The summed E-state index contributed by atoms with van der Waals surface area (Å²) in [6.07, 6.45) is 6.30. The number of nitrogens with zero attached hydrogens (tertiary/aromatic N) is 3. The number of anilines is 1. The quantitative estimate of drug-likeness (QED) is 0.418. The number of fused-ring (bicyclic) bond motifs is 1. The summed E-state index contributed by atoms with van der Waals surface area (Å²) in [6.45, 7) is 2.63. The fraction of sp³-hybridized carbons (Fsp3) is 0.111. The van der Waals surface area contributed by atoms with Crippen molar-refractivity contribution in [3.05, 3.63) is 90.1 Å². The lowest BCUT2D eigenvalue weighted by atomic mass is 9.99. The van der Waals surface area contributed by atoms with Crippen LogP contribution in [-0.4, -0.2) is 40.0 Å². The molecule has 3 aromatic rings. The molecule has 3 aromatic carbocycles. The fourth-order valence-corrected chi connectivity index (χ4v) is 5.76. The summed E-state index contributed by atoms with van der Waals surface area (Å²) >= 11 is 0. The molecule has 0 spiro atoms. The smallest absolute Gasteiger partial charge is 0.271 e. The highest BCUT2D eigenvalue weighted by Gasteiger charge is 2.33. The first kappa shape index (κ1) is 19.0. The molecule has 6 rings (SSSR count). The molecule has 5 heteroatoms. The molecule has 3 aliphatic rings. The maximum Gasteiger partial charge on any atom is 0.271 e. The van der Waals surface area contributed by atoms with Crippen LogP contribution in [0.2, 0.25) is 0 Å². The van der Waals surface area contributed by atoms with Crippen LogP contribution >= 0.6 is 10.9 Å². The van der Waals surface area contributed by atoms with Crippen LogP contribution in [0.25, 0.3) is 16.3 Å². The van der Waals surface area contributed by atoms with Crippen molar-refractivity contribution in [2.75, 3.05) is 18.5 Å². The molecule has 0 saturated heterocycles. The van der Waals surface area contributed by atoms with E-state index in [9.17, 15) is 4.79 Å². The van der Waals surface area contributed by atoms with Crippen molar-refractivity contribution in [1.82, 2.24) is 4.90 Å². The van der Waals surface area contributed by atoms with Gasteiger partial charge in [-0.1, -0.05) is 48.5 Å². The summed E-state index contributed by atoms with van der Waals surface area (Å²) in [5.41, 5.74) is 6.20. The largest absolute Gasteiger partial charge is 0.351 e. The van der Waals surface area contributed by atoms with Crippen LogP contribution in [0.1, 0.15) is 18.1 Å². The highest BCUT2D eigenvalue weighted by atomic mass is 32.1. The molecule has 156 valence electrons. The van der Waals surface area contributed by atoms with E-state index >= 15 is 0 Å². The third-order valence-corrected chi connectivity index (χ3v) is 7.28. The van der Waals surface area contributed by atoms with Gasteiger partial charge >= 0.3 is 0 Å². The van der Waals surface area contributed by atoms with Crippen molar-refractivity contribution in [2.24, 2.45) is 4.99 Å². The third-order valence-electron chi connectivity index (χ3n) is 6.17. The number of aliphatic imine (C=N–C) groups is 1. The Morgan fingerprint density at radius 1 is 1.00 bits per heavy atom. The summed E-state index contributed by atoms with van der Waals surface area (Å²) in [4.78, 5) is 23.9. The molecule has 0 bridgehead atoms. The summed E-state index contributed by atoms with van der Waals surface area (Å²) in [5, 5.41) is 2.29. The van der Waals surface area contributed by atoms with E-state index in [-0.39, 0.29) is 5.91 Å². The van der Waals surface area contributed by atoms with Gasteiger partial charge in [-0.2, -0.15) is 0 Å². The minimum absolute atomic E-state index is 0.0260. The molecule has 0 radical (unpaired) electrons. The SMILES string of the molecule is CCN1C(=O)C(C2=Nc3cccc4cccc2c34)=S=C1C=C1C=CN(C)c2ccccc21. The second-order valence-electron chi connectivity index (χ2n) is 8.00. The van der Waals surface area contributed by atoms with Crippen molar-refractivity contribution in [2.45, 2.75) is 6.92 Å². The first-order valence-corrected chi connectivity index (χ1v) is 11.5. The van der Waals surface area contributed by atoms with Gasteiger partial charge in [-0.05, 0) is 42.2 Å². The second kappa shape index (κ2) is 7.18. The normalized spacial score (nSPS) is 18.0. The van der Waals surface area contributed by atoms with Gasteiger partial charge in [-0.25, -0.2) is 4.99 Å². The number of para-hydroxylation sites is 1. The lowest BCUT2D eigenvalue weighted by Crippen LogP contribution is -2.37. The maximum atomic E-state index is 13.5. The summed E-state index contributed by atoms with van der Waals surface area (Å²) < 4.78 is 0. The highest BCUT2D eigenvalue weighted by Crippen LogP contribution is 2.37. The Bertz CT molecular complexity index is 1480. The zero-order valence-electron chi connectivity index (χ0n) is 17.9. The molecule has 0 saturated carbocycles. The number of amides is 1. The Morgan fingerprint density at radius 3 is 2.62 bits per heavy atom. The molecule has 0 aromatic heterocycles. The van der Waals surface area contributed by atoms with Crippen molar-refractivity contribution < 1.29 is 4.79 Å². The Hall–Kier alpha value is -3.70. The van der Waals surface area contributed by atoms with E-state index in [2.05, 4.69) is 59.7 Å². The van der Waals surface area contributed by atoms with Crippen molar-refractivity contribution in [3.63, 3.8) is 0 Å². The summed E-state index contributed by atoms with van der Waals surface area (Å²) in [5.74, 6) is 0.0260. The van der Waals surface area contributed by atoms with E-state index < -0.39 is 0 Å². The summed E-state index contributed by atoms with van der Waals surface area (Å²) in [6, 6.07) is 20.7. The van der Waals surface area contributed by atoms with E-state index in [4.69, 9.17) is 4.99 Å². The van der Waals surface area contributed by atoms with Gasteiger partial charge in [0.25, 0.3) is 5.91 Å². The molecule has 0 fully saturated rings. The van der Waals surface area contributed by atoms with Crippen LogP contribution < -0.4 is 4.90 Å². The number of allylic oxidation sites excluding steroid dienone is 2. The number of benzene rings is 3. The van der Waals surface area contributed by atoms with Gasteiger partial charge in [0.1, 0.15) is 4.86 Å². The number of likely N-dealkylation sites (N-methyl/N-ethyl adjacent to an activating group) is 1. The molecule has 1 amide bonds. The topological polar surface area (TPSA) is 35.9 Å². The fourth-order valence-electron chi connectivity index (χ4n) is 4.59. The maximum absolute atomic E-state index is 13.5. The predicted octanol–water partition coefficient (Wildman–Crippen LogP) is 5.22. The number of hydrogen-bond donors (Lipinski definition) is 0. The van der Waals surface area contributed by atoms with Crippen LogP contribution in [-0.2, 0) is 4.79 Å². The van der Waals surface area contributed by atoms with Crippen LogP contribution in [0, 0.1) is 0 Å². The van der Waals surface area contributed by atoms with E-state index in [1.165, 1.54) is 10.9 Å². The molecule has 4 nitrogen and oxygen atoms in total. The Kier molecular flexibility index (Phi) is 4.26. The Balaban J connectivity index is 1.51. The van der Waals surface area contributed by atoms with Gasteiger partial charge in [0.2, 0.25) is 0 Å². The number of hydrogen-bond acceptors (Lipinski definition) is 3. The van der Waals surface area contributed by atoms with Gasteiger partial charge in [0.15, 0.2) is 0 Å². The Morgan fingerprint density at radius 2 is 1.78 bits per heavy atom. The van der Waals surface area contributed by atoms with Crippen molar-refractivity contribution in [3.8, 4) is 0 Å². The number of rotatable bonds is 3. The second-order valence-corrected chi connectivity index (χ2v) is 9.03. The molecule has 0 N–H and O–H groups in total. The van der Waals surface area contributed by atoms with E-state index in [0.29, 0.717) is 11.4 Å². The van der Waals surface area contributed by atoms with E-state index in [1.807, 2.05) is 43.1 Å². The standard InChI is InChI=1S/C27H21N3OS/c1-3-30-23(16-18-14-15-29(2)22-13-5-4-10-19(18)22)32-26(27(30)31)25-20-11-6-8-17-9-7-12-21(28-25)24(17)20/h4-16H,3H2,1-2H3. The van der Waals surface area contributed by atoms with Crippen molar-refractivity contribution in [1.29, 1.82) is 0 Å². The lowest BCUT2D eigenvalue weighted by molar-refractivity contribution is -0.119. The average molecular weight is 436 g/mol. The number of carbonyl (C=O) groups excluding carboxylic acids is 1. The zero-order valence-corrected chi connectivity index (χ0v) is 18.7. The molecule has 32 heavy (non-hydrogen) atoms. The minimum atomic E-state index is 0.0260. The lowest BCUT2D eigenvalue weighted by Gasteiger charge is -2.24. The first-order valence-electron chi connectivity index (χ1n) is 10.7. The minimum Gasteiger partial charge on any atom is -0.351 e. The van der Waals surface area contributed by atoms with Crippen LogP contribution in [0.3, 0.4) is 0 Å². The van der Waals surface area contributed by atoms with Crippen molar-refractivity contribution >= 4 is 60.1 Å². The molecule has 3 heterocycles. The zero-order chi connectivity index (χ0) is 21.8.